The maximum Gasteiger partial charge on any atom is 0.0697 e. The maximum atomic E-state index is 5.55. The fourth-order valence-electron chi connectivity index (χ4n) is 2.60. The van der Waals surface area contributed by atoms with E-state index in [2.05, 4.69) is 22.1 Å². The largest absolute Gasteiger partial charge is 0.329 e. The van der Waals surface area contributed by atoms with Gasteiger partial charge in [-0.25, -0.2) is 0 Å². The highest BCUT2D eigenvalue weighted by atomic mass is 15.1. The van der Waals surface area contributed by atoms with Crippen molar-refractivity contribution < 1.29 is 0 Å². The second kappa shape index (κ2) is 5.46. The summed E-state index contributed by atoms with van der Waals surface area (Å²) >= 11 is 0. The number of hydrogen-bond donors (Lipinski definition) is 2. The van der Waals surface area contributed by atoms with E-state index in [9.17, 15) is 0 Å². The zero-order chi connectivity index (χ0) is 11.4. The van der Waals surface area contributed by atoms with Crippen molar-refractivity contribution in [1.82, 2.24) is 15.1 Å². The van der Waals surface area contributed by atoms with Crippen LogP contribution in [0.1, 0.15) is 42.9 Å². The monoisotopic (exact) mass is 222 g/mol. The molecular weight excluding hydrogens is 200 g/mol. The van der Waals surface area contributed by atoms with Gasteiger partial charge in [0.05, 0.1) is 5.69 Å². The van der Waals surface area contributed by atoms with Gasteiger partial charge in [0.2, 0.25) is 0 Å². The Morgan fingerprint density at radius 3 is 2.94 bits per heavy atom. The molecule has 0 unspecified atom stereocenters. The Bertz CT molecular complexity index is 315. The van der Waals surface area contributed by atoms with Crippen LogP contribution in [0.15, 0.2) is 6.20 Å². The van der Waals surface area contributed by atoms with Crippen molar-refractivity contribution in [1.29, 1.82) is 0 Å². The van der Waals surface area contributed by atoms with Gasteiger partial charge in [0.25, 0.3) is 0 Å². The maximum absolute atomic E-state index is 5.55. The summed E-state index contributed by atoms with van der Waals surface area (Å²) in [6.45, 7) is 2.61. The van der Waals surface area contributed by atoms with Crippen LogP contribution in [0.5, 0.6) is 0 Å². The van der Waals surface area contributed by atoms with Crippen molar-refractivity contribution in [2.75, 3.05) is 20.1 Å². The van der Waals surface area contributed by atoms with E-state index in [1.165, 1.54) is 36.9 Å². The first-order valence-corrected chi connectivity index (χ1v) is 6.22. The highest BCUT2D eigenvalue weighted by Gasteiger charge is 2.22. The van der Waals surface area contributed by atoms with Crippen molar-refractivity contribution in [3.63, 3.8) is 0 Å². The smallest absolute Gasteiger partial charge is 0.0697 e. The Balaban J connectivity index is 2.00. The molecular formula is C12H22N4. The third-order valence-corrected chi connectivity index (χ3v) is 3.45. The second-order valence-electron chi connectivity index (χ2n) is 4.80. The van der Waals surface area contributed by atoms with Crippen LogP contribution in [0.4, 0.5) is 0 Å². The van der Waals surface area contributed by atoms with E-state index < -0.39 is 0 Å². The lowest BCUT2D eigenvalue weighted by molar-refractivity contribution is 0.334. The summed E-state index contributed by atoms with van der Waals surface area (Å²) in [6, 6.07) is 0. The van der Waals surface area contributed by atoms with E-state index in [1.807, 2.05) is 6.20 Å². The Morgan fingerprint density at radius 1 is 1.50 bits per heavy atom. The van der Waals surface area contributed by atoms with Gasteiger partial charge in [0, 0.05) is 37.3 Å². The lowest BCUT2D eigenvalue weighted by atomic mass is 10.0. The van der Waals surface area contributed by atoms with Crippen LogP contribution >= 0.6 is 0 Å². The third kappa shape index (κ3) is 2.62. The summed E-state index contributed by atoms with van der Waals surface area (Å²) < 4.78 is 0. The number of H-pyrrole nitrogens is 1. The molecule has 4 heteroatoms. The molecule has 1 aliphatic carbocycles. The van der Waals surface area contributed by atoms with Crippen molar-refractivity contribution >= 4 is 0 Å². The third-order valence-electron chi connectivity index (χ3n) is 3.45. The van der Waals surface area contributed by atoms with Crippen LogP contribution in [0, 0.1) is 0 Å². The fraction of sp³-hybridized carbons (Fsp3) is 0.750. The molecule has 1 aromatic heterocycles. The molecule has 1 aliphatic rings. The normalized spacial score (nSPS) is 17.4. The first-order chi connectivity index (χ1) is 7.81. The zero-order valence-corrected chi connectivity index (χ0v) is 10.1. The van der Waals surface area contributed by atoms with Crippen LogP contribution in [0.25, 0.3) is 0 Å². The molecule has 0 aromatic carbocycles. The lowest BCUT2D eigenvalue weighted by Crippen LogP contribution is -2.25. The summed E-state index contributed by atoms with van der Waals surface area (Å²) in [5.41, 5.74) is 8.20. The van der Waals surface area contributed by atoms with E-state index in [4.69, 9.17) is 5.73 Å². The number of nitrogens with one attached hydrogen (secondary N) is 1. The number of rotatable bonds is 5. The first kappa shape index (κ1) is 11.6. The standard InChI is InChI=1S/C12H22N4/c1-16(7-6-13)9-11-8-14-15-12(11)10-4-2-3-5-10/h8,10H,2-7,9,13H2,1H3,(H,14,15). The molecule has 0 amide bonds. The van der Waals surface area contributed by atoms with Gasteiger partial charge >= 0.3 is 0 Å². The molecule has 1 aromatic rings. The molecule has 0 spiro atoms. The molecule has 0 radical (unpaired) electrons. The van der Waals surface area contributed by atoms with Crippen molar-refractivity contribution in [3.8, 4) is 0 Å². The Hall–Kier alpha value is -0.870. The first-order valence-electron chi connectivity index (χ1n) is 6.22. The Labute approximate surface area is 97.2 Å². The number of aromatic amines is 1. The highest BCUT2D eigenvalue weighted by molar-refractivity contribution is 5.21. The molecule has 3 N–H and O–H groups in total. The fourth-order valence-corrected chi connectivity index (χ4v) is 2.60. The summed E-state index contributed by atoms with van der Waals surface area (Å²) in [7, 11) is 2.11. The number of nitrogens with zero attached hydrogens (tertiary/aromatic N) is 2. The van der Waals surface area contributed by atoms with Crippen molar-refractivity contribution in [3.05, 3.63) is 17.5 Å². The predicted octanol–water partition coefficient (Wildman–Crippen LogP) is 1.46. The highest BCUT2D eigenvalue weighted by Crippen LogP contribution is 2.34. The summed E-state index contributed by atoms with van der Waals surface area (Å²) in [4.78, 5) is 2.25. The molecule has 90 valence electrons. The SMILES string of the molecule is CN(CCN)Cc1c[nH]nc1C1CCCC1. The predicted molar refractivity (Wildman–Crippen MR) is 65.2 cm³/mol. The molecule has 0 aliphatic heterocycles. The molecule has 0 bridgehead atoms. The van der Waals surface area contributed by atoms with Crippen LogP contribution in [-0.4, -0.2) is 35.2 Å². The van der Waals surface area contributed by atoms with Gasteiger partial charge in [-0.2, -0.15) is 5.10 Å². The van der Waals surface area contributed by atoms with Crippen molar-refractivity contribution in [2.24, 2.45) is 5.73 Å². The van der Waals surface area contributed by atoms with Gasteiger partial charge in [-0.15, -0.1) is 0 Å². The number of aromatic nitrogens is 2. The number of likely N-dealkylation sites (N-methyl/N-ethyl adjacent to an activating group) is 1. The van der Waals surface area contributed by atoms with E-state index >= 15 is 0 Å². The van der Waals surface area contributed by atoms with Gasteiger partial charge in [0.1, 0.15) is 0 Å². The van der Waals surface area contributed by atoms with Gasteiger partial charge < -0.3 is 10.6 Å². The minimum absolute atomic E-state index is 0.688. The topological polar surface area (TPSA) is 57.9 Å². The molecule has 4 nitrogen and oxygen atoms in total. The van der Waals surface area contributed by atoms with E-state index in [1.54, 1.807) is 0 Å². The quantitative estimate of drug-likeness (QED) is 0.793. The number of hydrogen-bond acceptors (Lipinski definition) is 3. The molecule has 0 saturated heterocycles. The molecule has 0 atom stereocenters. The van der Waals surface area contributed by atoms with Gasteiger partial charge in [-0.1, -0.05) is 12.8 Å². The van der Waals surface area contributed by atoms with Gasteiger partial charge in [0.15, 0.2) is 0 Å². The Morgan fingerprint density at radius 2 is 2.25 bits per heavy atom. The Kier molecular flexibility index (Phi) is 3.96. The molecule has 1 heterocycles. The summed E-state index contributed by atoms with van der Waals surface area (Å²) in [6.07, 6.45) is 7.36. The second-order valence-corrected chi connectivity index (χ2v) is 4.80. The van der Waals surface area contributed by atoms with Crippen LogP contribution < -0.4 is 5.73 Å². The minimum atomic E-state index is 0.688. The average Bonchev–Trinajstić information content (AvgIpc) is 2.86. The molecule has 2 rings (SSSR count). The molecule has 16 heavy (non-hydrogen) atoms. The summed E-state index contributed by atoms with van der Waals surface area (Å²) in [5, 5.41) is 7.44. The lowest BCUT2D eigenvalue weighted by Gasteiger charge is -2.16. The summed E-state index contributed by atoms with van der Waals surface area (Å²) in [5.74, 6) is 0.688. The van der Waals surface area contributed by atoms with Gasteiger partial charge in [-0.3, -0.25) is 5.10 Å². The molecule has 1 saturated carbocycles. The zero-order valence-electron chi connectivity index (χ0n) is 10.1. The van der Waals surface area contributed by atoms with E-state index in [0.29, 0.717) is 12.5 Å². The van der Waals surface area contributed by atoms with E-state index in [-0.39, 0.29) is 0 Å². The average molecular weight is 222 g/mol. The van der Waals surface area contributed by atoms with E-state index in [0.717, 1.165) is 13.1 Å². The number of nitrogens with two attached hydrogens (primary N) is 1. The minimum Gasteiger partial charge on any atom is -0.329 e. The van der Waals surface area contributed by atoms with Crippen LogP contribution in [0.3, 0.4) is 0 Å². The van der Waals surface area contributed by atoms with Crippen molar-refractivity contribution in [2.45, 2.75) is 38.1 Å². The van der Waals surface area contributed by atoms with Gasteiger partial charge in [-0.05, 0) is 19.9 Å². The van der Waals surface area contributed by atoms with Crippen LogP contribution in [0.2, 0.25) is 0 Å². The van der Waals surface area contributed by atoms with Crippen LogP contribution in [-0.2, 0) is 6.54 Å². The molecule has 1 fully saturated rings.